The van der Waals surface area contributed by atoms with Crippen LogP contribution in [-0.2, 0) is 10.2 Å². The third kappa shape index (κ3) is 4.19. The van der Waals surface area contributed by atoms with E-state index in [-0.39, 0.29) is 6.04 Å². The first kappa shape index (κ1) is 16.6. The molecule has 0 bridgehead atoms. The number of nitrogens with one attached hydrogen (secondary N) is 1. The molecule has 2 aliphatic heterocycles. The van der Waals surface area contributed by atoms with E-state index < -0.39 is 10.2 Å². The van der Waals surface area contributed by atoms with Crippen molar-refractivity contribution in [2.45, 2.75) is 38.6 Å². The van der Waals surface area contributed by atoms with E-state index in [1.165, 1.54) is 0 Å². The second-order valence-corrected chi connectivity index (χ2v) is 8.24. The number of hydrogen-bond acceptors (Lipinski definition) is 5. The summed E-state index contributed by atoms with van der Waals surface area (Å²) >= 11 is 0. The van der Waals surface area contributed by atoms with Crippen LogP contribution in [0.1, 0.15) is 32.6 Å². The van der Waals surface area contributed by atoms with Gasteiger partial charge < -0.3 is 4.90 Å². The largest absolute Gasteiger partial charge is 0.341 e. The predicted octanol–water partition coefficient (Wildman–Crippen LogP) is 1.01. The average Bonchev–Trinajstić information content (AvgIpc) is 2.56. The van der Waals surface area contributed by atoms with Crippen LogP contribution in [0.15, 0.2) is 18.5 Å². The van der Waals surface area contributed by atoms with Gasteiger partial charge in [0.05, 0.1) is 0 Å². The highest BCUT2D eigenvalue weighted by Gasteiger charge is 2.30. The van der Waals surface area contributed by atoms with Crippen molar-refractivity contribution in [3.63, 3.8) is 0 Å². The van der Waals surface area contributed by atoms with Crippen LogP contribution in [0.25, 0.3) is 0 Å². The van der Waals surface area contributed by atoms with Gasteiger partial charge in [-0.15, -0.1) is 0 Å². The Kier molecular flexibility index (Phi) is 5.13. The van der Waals surface area contributed by atoms with Crippen LogP contribution in [0, 0.1) is 5.92 Å². The van der Waals surface area contributed by atoms with Crippen LogP contribution in [0.5, 0.6) is 0 Å². The number of rotatable bonds is 4. The van der Waals surface area contributed by atoms with Gasteiger partial charge in [0, 0.05) is 44.6 Å². The van der Waals surface area contributed by atoms with Crippen molar-refractivity contribution in [1.82, 2.24) is 19.0 Å². The Bertz CT molecular complexity index is 602. The Morgan fingerprint density at radius 1 is 1.13 bits per heavy atom. The molecule has 0 aromatic carbocycles. The van der Waals surface area contributed by atoms with Crippen molar-refractivity contribution in [3.8, 4) is 0 Å². The molecule has 1 N–H and O–H groups in total. The van der Waals surface area contributed by atoms with Crippen molar-refractivity contribution < 1.29 is 8.42 Å². The Morgan fingerprint density at radius 3 is 2.48 bits per heavy atom. The Hall–Kier alpha value is -1.25. The molecule has 1 unspecified atom stereocenters. The number of anilines is 1. The number of nitrogens with zero attached hydrogens (tertiary/aromatic N) is 4. The SMILES string of the molecule is CC1CCCN(S(=O)(=O)NC2CCN(c3ncccn3)CC2)C1. The molecule has 23 heavy (non-hydrogen) atoms. The van der Waals surface area contributed by atoms with Crippen LogP contribution in [0.4, 0.5) is 5.95 Å². The molecule has 0 aliphatic carbocycles. The van der Waals surface area contributed by atoms with Gasteiger partial charge in [0.15, 0.2) is 0 Å². The minimum atomic E-state index is -3.36. The second-order valence-electron chi connectivity index (χ2n) is 6.54. The van der Waals surface area contributed by atoms with E-state index in [9.17, 15) is 8.42 Å². The topological polar surface area (TPSA) is 78.4 Å². The van der Waals surface area contributed by atoms with Crippen molar-refractivity contribution in [2.24, 2.45) is 5.92 Å². The molecule has 7 nitrogen and oxygen atoms in total. The molecular formula is C15H25N5O2S. The molecule has 1 aromatic rings. The van der Waals surface area contributed by atoms with Gasteiger partial charge in [0.25, 0.3) is 10.2 Å². The standard InChI is InChI=1S/C15H25N5O2S/c1-13-4-2-9-20(12-13)23(21,22)18-14-5-10-19(11-6-14)15-16-7-3-8-17-15/h3,7-8,13-14,18H,2,4-6,9-12H2,1H3. The summed E-state index contributed by atoms with van der Waals surface area (Å²) in [7, 11) is -3.36. The van der Waals surface area contributed by atoms with Crippen LogP contribution in [0.2, 0.25) is 0 Å². The quantitative estimate of drug-likeness (QED) is 0.886. The van der Waals surface area contributed by atoms with E-state index in [0.717, 1.165) is 44.7 Å². The summed E-state index contributed by atoms with van der Waals surface area (Å²) in [5, 5.41) is 0. The van der Waals surface area contributed by atoms with Crippen molar-refractivity contribution in [3.05, 3.63) is 18.5 Å². The third-order valence-electron chi connectivity index (χ3n) is 4.61. The minimum Gasteiger partial charge on any atom is -0.341 e. The maximum Gasteiger partial charge on any atom is 0.279 e. The van der Waals surface area contributed by atoms with Gasteiger partial charge >= 0.3 is 0 Å². The van der Waals surface area contributed by atoms with E-state index in [0.29, 0.717) is 19.0 Å². The summed E-state index contributed by atoms with van der Waals surface area (Å²) in [6, 6.07) is 1.79. The maximum atomic E-state index is 12.5. The molecule has 3 rings (SSSR count). The van der Waals surface area contributed by atoms with Crippen LogP contribution < -0.4 is 9.62 Å². The molecule has 0 spiro atoms. The monoisotopic (exact) mass is 339 g/mol. The molecule has 8 heteroatoms. The molecule has 128 valence electrons. The molecule has 1 atom stereocenters. The van der Waals surface area contributed by atoms with E-state index in [2.05, 4.69) is 26.5 Å². The van der Waals surface area contributed by atoms with E-state index in [1.54, 1.807) is 22.8 Å². The Morgan fingerprint density at radius 2 is 1.83 bits per heavy atom. The fourth-order valence-corrected chi connectivity index (χ4v) is 4.93. The van der Waals surface area contributed by atoms with Crippen molar-refractivity contribution >= 4 is 16.2 Å². The first-order valence-corrected chi connectivity index (χ1v) is 9.78. The summed E-state index contributed by atoms with van der Waals surface area (Å²) in [6.45, 7) is 4.92. The van der Waals surface area contributed by atoms with E-state index >= 15 is 0 Å². The zero-order valence-corrected chi connectivity index (χ0v) is 14.4. The summed E-state index contributed by atoms with van der Waals surface area (Å²) in [4.78, 5) is 10.6. The summed E-state index contributed by atoms with van der Waals surface area (Å²) in [5.41, 5.74) is 0. The van der Waals surface area contributed by atoms with Gasteiger partial charge in [-0.1, -0.05) is 6.92 Å². The molecule has 2 fully saturated rings. The fraction of sp³-hybridized carbons (Fsp3) is 0.733. The first-order valence-electron chi connectivity index (χ1n) is 8.34. The minimum absolute atomic E-state index is 0.00260. The maximum absolute atomic E-state index is 12.5. The summed E-state index contributed by atoms with van der Waals surface area (Å²) < 4.78 is 29.5. The molecule has 1 aromatic heterocycles. The first-order chi connectivity index (χ1) is 11.0. The molecule has 3 heterocycles. The number of piperidine rings is 2. The zero-order valence-electron chi connectivity index (χ0n) is 13.6. The van der Waals surface area contributed by atoms with E-state index in [1.807, 2.05) is 0 Å². The zero-order chi connectivity index (χ0) is 16.3. The van der Waals surface area contributed by atoms with E-state index in [4.69, 9.17) is 0 Å². The van der Waals surface area contributed by atoms with Crippen LogP contribution in [0.3, 0.4) is 0 Å². The molecule has 0 saturated carbocycles. The molecule has 0 amide bonds. The molecule has 0 radical (unpaired) electrons. The second kappa shape index (κ2) is 7.11. The van der Waals surface area contributed by atoms with Gasteiger partial charge in [-0.05, 0) is 37.7 Å². The average molecular weight is 339 g/mol. The normalized spacial score (nSPS) is 24.7. The molecule has 2 aliphatic rings. The summed E-state index contributed by atoms with van der Waals surface area (Å²) in [5.74, 6) is 1.16. The highest BCUT2D eigenvalue weighted by atomic mass is 32.2. The Labute approximate surface area is 138 Å². The van der Waals surface area contributed by atoms with Gasteiger partial charge in [-0.2, -0.15) is 17.4 Å². The Balaban J connectivity index is 1.54. The van der Waals surface area contributed by atoms with Gasteiger partial charge in [0.1, 0.15) is 0 Å². The summed E-state index contributed by atoms with van der Waals surface area (Å²) in [6.07, 6.45) is 7.08. The molecule has 2 saturated heterocycles. The van der Waals surface area contributed by atoms with Crippen molar-refractivity contribution in [1.29, 1.82) is 0 Å². The molecular weight excluding hydrogens is 314 g/mol. The van der Waals surface area contributed by atoms with Gasteiger partial charge in [0.2, 0.25) is 5.95 Å². The lowest BCUT2D eigenvalue weighted by molar-refractivity contribution is 0.275. The highest BCUT2D eigenvalue weighted by molar-refractivity contribution is 7.87. The van der Waals surface area contributed by atoms with Gasteiger partial charge in [-0.3, -0.25) is 0 Å². The lowest BCUT2D eigenvalue weighted by atomic mass is 10.0. The van der Waals surface area contributed by atoms with Crippen LogP contribution >= 0.6 is 0 Å². The lowest BCUT2D eigenvalue weighted by Gasteiger charge is -2.35. The number of aromatic nitrogens is 2. The lowest BCUT2D eigenvalue weighted by Crippen LogP contribution is -2.51. The fourth-order valence-electron chi connectivity index (χ4n) is 3.30. The third-order valence-corrected chi connectivity index (χ3v) is 6.25. The predicted molar refractivity (Wildman–Crippen MR) is 89.3 cm³/mol. The van der Waals surface area contributed by atoms with Crippen molar-refractivity contribution in [2.75, 3.05) is 31.1 Å². The number of hydrogen-bond donors (Lipinski definition) is 1. The smallest absolute Gasteiger partial charge is 0.279 e. The highest BCUT2D eigenvalue weighted by Crippen LogP contribution is 2.20. The van der Waals surface area contributed by atoms with Crippen LogP contribution in [-0.4, -0.2) is 54.9 Å². The van der Waals surface area contributed by atoms with Gasteiger partial charge in [-0.25, -0.2) is 9.97 Å².